The van der Waals surface area contributed by atoms with Gasteiger partial charge in [-0.2, -0.15) is 0 Å². The molecule has 0 radical (unpaired) electrons. The molecular weight excluding hydrogens is 368 g/mol. The van der Waals surface area contributed by atoms with Gasteiger partial charge in [0.1, 0.15) is 5.82 Å². The molecule has 29 heavy (non-hydrogen) atoms. The van der Waals surface area contributed by atoms with Gasteiger partial charge in [-0.25, -0.2) is 9.78 Å². The summed E-state index contributed by atoms with van der Waals surface area (Å²) >= 11 is 0. The second-order valence-corrected chi connectivity index (χ2v) is 6.29. The van der Waals surface area contributed by atoms with Crippen molar-refractivity contribution in [2.75, 3.05) is 22.5 Å². The van der Waals surface area contributed by atoms with Crippen LogP contribution in [0.15, 0.2) is 61.1 Å². The number of urea groups is 1. The Morgan fingerprint density at radius 3 is 2.48 bits per heavy atom. The smallest absolute Gasteiger partial charge is 0.320 e. The maximum atomic E-state index is 12.8. The minimum atomic E-state index is -0.367. The topological polar surface area (TPSA) is 108 Å². The third-order valence-electron chi connectivity index (χ3n) is 3.98. The van der Waals surface area contributed by atoms with Crippen LogP contribution in [0.4, 0.5) is 27.7 Å². The van der Waals surface area contributed by atoms with E-state index in [1.165, 1.54) is 6.20 Å². The SMILES string of the molecule is CCNC(=O)Nc1cc(Nc2ccc(C)cc2)c(C(=O)Nc2cccnc2)cn1. The molecule has 0 fully saturated rings. The second-order valence-electron chi connectivity index (χ2n) is 6.29. The average molecular weight is 390 g/mol. The molecule has 0 aliphatic carbocycles. The van der Waals surface area contributed by atoms with Gasteiger partial charge in [0.15, 0.2) is 0 Å². The van der Waals surface area contributed by atoms with Crippen LogP contribution in [0.5, 0.6) is 0 Å². The highest BCUT2D eigenvalue weighted by atomic mass is 16.2. The zero-order valence-corrected chi connectivity index (χ0v) is 16.2. The number of nitrogens with zero attached hydrogens (tertiary/aromatic N) is 2. The predicted octanol–water partition coefficient (Wildman–Crippen LogP) is 3.92. The predicted molar refractivity (Wildman–Crippen MR) is 114 cm³/mol. The van der Waals surface area contributed by atoms with Crippen molar-refractivity contribution in [1.29, 1.82) is 0 Å². The summed E-state index contributed by atoms with van der Waals surface area (Å²) in [5, 5.41) is 11.3. The van der Waals surface area contributed by atoms with Crippen molar-refractivity contribution in [3.8, 4) is 0 Å². The first kappa shape index (κ1) is 19.8. The molecule has 148 valence electrons. The first-order chi connectivity index (χ1) is 14.0. The Labute approximate surface area is 168 Å². The summed E-state index contributed by atoms with van der Waals surface area (Å²) in [6.07, 6.45) is 4.61. The summed E-state index contributed by atoms with van der Waals surface area (Å²) in [6.45, 7) is 4.31. The Kier molecular flexibility index (Phi) is 6.36. The Hall–Kier alpha value is -3.94. The van der Waals surface area contributed by atoms with Crippen LogP contribution in [0.2, 0.25) is 0 Å². The number of rotatable bonds is 6. The molecule has 0 saturated carbocycles. The van der Waals surface area contributed by atoms with E-state index in [1.807, 2.05) is 38.1 Å². The maximum Gasteiger partial charge on any atom is 0.320 e. The van der Waals surface area contributed by atoms with Crippen molar-refractivity contribution >= 4 is 34.8 Å². The fourth-order valence-electron chi connectivity index (χ4n) is 2.56. The Morgan fingerprint density at radius 2 is 1.79 bits per heavy atom. The van der Waals surface area contributed by atoms with E-state index in [0.29, 0.717) is 29.3 Å². The lowest BCUT2D eigenvalue weighted by molar-refractivity contribution is 0.102. The third kappa shape index (κ3) is 5.52. The molecule has 2 aromatic heterocycles. The number of aromatic nitrogens is 2. The molecule has 3 amide bonds. The largest absolute Gasteiger partial charge is 0.355 e. The van der Waals surface area contributed by atoms with E-state index in [0.717, 1.165) is 11.3 Å². The number of amides is 3. The van der Waals surface area contributed by atoms with Crippen LogP contribution in [-0.2, 0) is 0 Å². The molecule has 3 rings (SSSR count). The molecule has 2 heterocycles. The molecule has 0 spiro atoms. The van der Waals surface area contributed by atoms with Crippen molar-refractivity contribution in [2.45, 2.75) is 13.8 Å². The summed E-state index contributed by atoms with van der Waals surface area (Å²) < 4.78 is 0. The minimum Gasteiger partial charge on any atom is -0.355 e. The minimum absolute atomic E-state index is 0.323. The van der Waals surface area contributed by atoms with E-state index in [2.05, 4.69) is 31.2 Å². The summed E-state index contributed by atoms with van der Waals surface area (Å²) in [5.41, 5.74) is 3.34. The van der Waals surface area contributed by atoms with Gasteiger partial charge in [-0.3, -0.25) is 15.1 Å². The van der Waals surface area contributed by atoms with Crippen molar-refractivity contribution in [1.82, 2.24) is 15.3 Å². The van der Waals surface area contributed by atoms with Gasteiger partial charge in [-0.15, -0.1) is 0 Å². The molecule has 0 bridgehead atoms. The normalized spacial score (nSPS) is 10.1. The number of benzene rings is 1. The van der Waals surface area contributed by atoms with Crippen LogP contribution >= 0.6 is 0 Å². The fraction of sp³-hybridized carbons (Fsp3) is 0.143. The number of hydrogen-bond acceptors (Lipinski definition) is 5. The highest BCUT2D eigenvalue weighted by Crippen LogP contribution is 2.24. The molecule has 0 atom stereocenters. The van der Waals surface area contributed by atoms with E-state index in [4.69, 9.17) is 0 Å². The van der Waals surface area contributed by atoms with Crippen LogP contribution in [0.1, 0.15) is 22.8 Å². The maximum absolute atomic E-state index is 12.8. The van der Waals surface area contributed by atoms with Crippen LogP contribution in [0, 0.1) is 6.92 Å². The van der Waals surface area contributed by atoms with Crippen LogP contribution < -0.4 is 21.3 Å². The Balaban J connectivity index is 1.89. The molecular formula is C21H22N6O2. The van der Waals surface area contributed by atoms with Gasteiger partial charge in [-0.05, 0) is 38.1 Å². The number of aryl methyl sites for hydroxylation is 1. The number of anilines is 4. The number of hydrogen-bond donors (Lipinski definition) is 4. The molecule has 3 aromatic rings. The average Bonchev–Trinajstić information content (AvgIpc) is 2.71. The van der Waals surface area contributed by atoms with Gasteiger partial charge in [0.05, 0.1) is 23.1 Å². The lowest BCUT2D eigenvalue weighted by Gasteiger charge is -2.14. The number of carbonyl (C=O) groups excluding carboxylic acids is 2. The lowest BCUT2D eigenvalue weighted by atomic mass is 10.1. The standard InChI is InChI=1S/C21H22N6O2/c1-3-23-21(29)27-19-11-18(25-15-8-6-14(2)7-9-15)17(13-24-19)20(28)26-16-5-4-10-22-12-16/h4-13H,3H2,1-2H3,(H,26,28)(H3,23,24,25,27,29). The van der Waals surface area contributed by atoms with E-state index in [-0.39, 0.29) is 11.9 Å². The molecule has 0 unspecified atom stereocenters. The number of carbonyl (C=O) groups is 2. The van der Waals surface area contributed by atoms with Gasteiger partial charge in [0.25, 0.3) is 5.91 Å². The Bertz CT molecular complexity index is 990. The monoisotopic (exact) mass is 390 g/mol. The summed E-state index contributed by atoms with van der Waals surface area (Å²) in [5.74, 6) is -0.0202. The van der Waals surface area contributed by atoms with E-state index >= 15 is 0 Å². The van der Waals surface area contributed by atoms with E-state index in [1.54, 1.807) is 30.6 Å². The summed E-state index contributed by atoms with van der Waals surface area (Å²) in [7, 11) is 0. The van der Waals surface area contributed by atoms with Gasteiger partial charge in [-0.1, -0.05) is 17.7 Å². The second kappa shape index (κ2) is 9.32. The lowest BCUT2D eigenvalue weighted by Crippen LogP contribution is -2.28. The summed E-state index contributed by atoms with van der Waals surface area (Å²) in [4.78, 5) is 32.8. The first-order valence-corrected chi connectivity index (χ1v) is 9.15. The highest BCUT2D eigenvalue weighted by Gasteiger charge is 2.15. The molecule has 4 N–H and O–H groups in total. The van der Waals surface area contributed by atoms with Crippen LogP contribution in [0.3, 0.4) is 0 Å². The zero-order valence-electron chi connectivity index (χ0n) is 16.2. The Morgan fingerprint density at radius 1 is 1.00 bits per heavy atom. The molecule has 0 saturated heterocycles. The quantitative estimate of drug-likeness (QED) is 0.510. The summed E-state index contributed by atoms with van der Waals surface area (Å²) in [6, 6.07) is 12.5. The highest BCUT2D eigenvalue weighted by molar-refractivity contribution is 6.08. The van der Waals surface area contributed by atoms with Crippen molar-refractivity contribution < 1.29 is 9.59 Å². The van der Waals surface area contributed by atoms with Crippen LogP contribution in [0.25, 0.3) is 0 Å². The molecule has 0 aliphatic rings. The molecule has 8 nitrogen and oxygen atoms in total. The van der Waals surface area contributed by atoms with Crippen molar-refractivity contribution in [3.05, 3.63) is 72.2 Å². The van der Waals surface area contributed by atoms with Crippen molar-refractivity contribution in [3.63, 3.8) is 0 Å². The molecule has 0 aliphatic heterocycles. The molecule has 1 aromatic carbocycles. The van der Waals surface area contributed by atoms with Crippen molar-refractivity contribution in [2.24, 2.45) is 0 Å². The van der Waals surface area contributed by atoms with E-state index < -0.39 is 0 Å². The van der Waals surface area contributed by atoms with Gasteiger partial charge >= 0.3 is 6.03 Å². The van der Waals surface area contributed by atoms with Gasteiger partial charge in [0.2, 0.25) is 0 Å². The first-order valence-electron chi connectivity index (χ1n) is 9.15. The van der Waals surface area contributed by atoms with Gasteiger partial charge < -0.3 is 16.0 Å². The third-order valence-corrected chi connectivity index (χ3v) is 3.98. The zero-order chi connectivity index (χ0) is 20.6. The number of nitrogens with one attached hydrogen (secondary N) is 4. The fourth-order valence-corrected chi connectivity index (χ4v) is 2.56. The van der Waals surface area contributed by atoms with Gasteiger partial charge in [0, 0.05) is 30.7 Å². The van der Waals surface area contributed by atoms with Crippen LogP contribution in [-0.4, -0.2) is 28.5 Å². The molecule has 8 heteroatoms. The number of pyridine rings is 2. The van der Waals surface area contributed by atoms with E-state index in [9.17, 15) is 9.59 Å².